The molecule has 21 heavy (non-hydrogen) atoms. The predicted molar refractivity (Wildman–Crippen MR) is 78.0 cm³/mol. The molecule has 3 rings (SSSR count). The molecule has 0 bridgehead atoms. The number of nitrogens with zero attached hydrogens (tertiary/aromatic N) is 1. The highest BCUT2D eigenvalue weighted by molar-refractivity contribution is 5.79. The van der Waals surface area contributed by atoms with Gasteiger partial charge in [-0.2, -0.15) is 0 Å². The second kappa shape index (κ2) is 6.63. The Morgan fingerprint density at radius 1 is 1.29 bits per heavy atom. The Kier molecular flexibility index (Phi) is 4.82. The molecule has 0 aliphatic carbocycles. The van der Waals surface area contributed by atoms with Crippen LogP contribution in [-0.2, 0) is 19.0 Å². The van der Waals surface area contributed by atoms with Crippen LogP contribution in [0.5, 0.6) is 0 Å². The lowest BCUT2D eigenvalue weighted by molar-refractivity contribution is -0.166. The first-order valence-electron chi connectivity index (χ1n) is 8.22. The van der Waals surface area contributed by atoms with Crippen molar-refractivity contribution in [1.29, 1.82) is 0 Å². The van der Waals surface area contributed by atoms with Crippen molar-refractivity contribution in [2.75, 3.05) is 46.6 Å². The van der Waals surface area contributed by atoms with Crippen molar-refractivity contribution in [3.8, 4) is 0 Å². The van der Waals surface area contributed by atoms with Gasteiger partial charge in [0, 0.05) is 51.4 Å². The van der Waals surface area contributed by atoms with Gasteiger partial charge in [0.15, 0.2) is 0 Å². The number of rotatable bonds is 3. The molecule has 0 spiro atoms. The highest BCUT2D eigenvalue weighted by atomic mass is 16.5. The van der Waals surface area contributed by atoms with Gasteiger partial charge in [0.05, 0.1) is 12.7 Å². The first-order chi connectivity index (χ1) is 10.2. The highest BCUT2D eigenvalue weighted by Gasteiger charge is 2.47. The molecule has 3 aliphatic heterocycles. The van der Waals surface area contributed by atoms with E-state index in [4.69, 9.17) is 14.2 Å². The molecule has 5 heteroatoms. The third kappa shape index (κ3) is 3.10. The zero-order chi connectivity index (χ0) is 14.7. The molecule has 1 amide bonds. The molecule has 3 heterocycles. The number of amides is 1. The van der Waals surface area contributed by atoms with Crippen LogP contribution in [0.2, 0.25) is 0 Å². The number of hydrogen-bond donors (Lipinski definition) is 0. The van der Waals surface area contributed by atoms with Crippen LogP contribution < -0.4 is 0 Å². The number of fused-ring (bicyclic) bond motifs is 1. The summed E-state index contributed by atoms with van der Waals surface area (Å²) >= 11 is 0. The van der Waals surface area contributed by atoms with E-state index in [0.29, 0.717) is 12.5 Å². The molecule has 3 fully saturated rings. The molecule has 0 aromatic rings. The van der Waals surface area contributed by atoms with Crippen LogP contribution >= 0.6 is 0 Å². The van der Waals surface area contributed by atoms with Crippen molar-refractivity contribution in [1.82, 2.24) is 4.90 Å². The van der Waals surface area contributed by atoms with Gasteiger partial charge in [0.25, 0.3) is 0 Å². The molecular weight excluding hydrogens is 270 g/mol. The maximum atomic E-state index is 12.8. The lowest BCUT2D eigenvalue weighted by Crippen LogP contribution is -2.58. The fourth-order valence-electron chi connectivity index (χ4n) is 4.18. The lowest BCUT2D eigenvalue weighted by Gasteiger charge is -2.50. The van der Waals surface area contributed by atoms with E-state index in [-0.39, 0.29) is 17.4 Å². The minimum absolute atomic E-state index is 0.00603. The summed E-state index contributed by atoms with van der Waals surface area (Å²) < 4.78 is 16.8. The van der Waals surface area contributed by atoms with E-state index in [0.717, 1.165) is 65.0 Å². The number of carbonyl (C=O) groups is 1. The second-order valence-electron chi connectivity index (χ2n) is 6.69. The quantitative estimate of drug-likeness (QED) is 0.791. The van der Waals surface area contributed by atoms with Crippen LogP contribution in [0.3, 0.4) is 0 Å². The Balaban J connectivity index is 1.68. The number of piperidine rings is 1. The molecule has 3 saturated heterocycles. The van der Waals surface area contributed by atoms with Gasteiger partial charge in [0.1, 0.15) is 0 Å². The van der Waals surface area contributed by atoms with E-state index < -0.39 is 0 Å². The Morgan fingerprint density at radius 3 is 2.86 bits per heavy atom. The van der Waals surface area contributed by atoms with Crippen LogP contribution in [0.25, 0.3) is 0 Å². The minimum Gasteiger partial charge on any atom is -0.384 e. The van der Waals surface area contributed by atoms with Crippen molar-refractivity contribution >= 4 is 5.91 Å². The molecule has 0 aromatic carbocycles. The zero-order valence-corrected chi connectivity index (χ0v) is 13.0. The molecule has 120 valence electrons. The smallest absolute Gasteiger partial charge is 0.225 e. The van der Waals surface area contributed by atoms with Gasteiger partial charge in [-0.15, -0.1) is 0 Å². The van der Waals surface area contributed by atoms with Gasteiger partial charge in [-0.25, -0.2) is 0 Å². The zero-order valence-electron chi connectivity index (χ0n) is 13.0. The van der Waals surface area contributed by atoms with Gasteiger partial charge < -0.3 is 19.1 Å². The van der Waals surface area contributed by atoms with E-state index >= 15 is 0 Å². The van der Waals surface area contributed by atoms with Gasteiger partial charge in [-0.3, -0.25) is 4.79 Å². The summed E-state index contributed by atoms with van der Waals surface area (Å²) in [7, 11) is 1.75. The molecule has 2 atom stereocenters. The summed E-state index contributed by atoms with van der Waals surface area (Å²) in [6.45, 7) is 4.60. The van der Waals surface area contributed by atoms with Crippen molar-refractivity contribution < 1.29 is 19.0 Å². The topological polar surface area (TPSA) is 48.0 Å². The minimum atomic E-state index is 0.00603. The van der Waals surface area contributed by atoms with Gasteiger partial charge >= 0.3 is 0 Å². The van der Waals surface area contributed by atoms with Gasteiger partial charge in [-0.1, -0.05) is 0 Å². The summed E-state index contributed by atoms with van der Waals surface area (Å²) in [4.78, 5) is 14.8. The number of hydrogen-bond acceptors (Lipinski definition) is 4. The largest absolute Gasteiger partial charge is 0.384 e. The first-order valence-corrected chi connectivity index (χ1v) is 8.22. The summed E-state index contributed by atoms with van der Waals surface area (Å²) in [6.07, 6.45) is 5.10. The summed E-state index contributed by atoms with van der Waals surface area (Å²) in [6, 6.07) is 0. The van der Waals surface area contributed by atoms with Crippen LogP contribution in [0.1, 0.15) is 32.1 Å². The van der Waals surface area contributed by atoms with Gasteiger partial charge in [0.2, 0.25) is 5.91 Å². The SMILES string of the molecule is COCC12CCCOC1CCN(C(=O)C1CCOCC1)C2. The summed E-state index contributed by atoms with van der Waals surface area (Å²) in [5, 5.41) is 0. The van der Waals surface area contributed by atoms with E-state index in [9.17, 15) is 4.79 Å². The summed E-state index contributed by atoms with van der Waals surface area (Å²) in [5.74, 6) is 0.470. The van der Waals surface area contributed by atoms with E-state index in [1.165, 1.54) is 0 Å². The number of methoxy groups -OCH3 is 1. The number of likely N-dealkylation sites (tertiary alicyclic amines) is 1. The van der Waals surface area contributed by atoms with E-state index in [1.54, 1.807) is 7.11 Å². The third-order valence-electron chi connectivity index (χ3n) is 5.30. The van der Waals surface area contributed by atoms with Crippen molar-refractivity contribution in [2.24, 2.45) is 11.3 Å². The third-order valence-corrected chi connectivity index (χ3v) is 5.30. The lowest BCUT2D eigenvalue weighted by atomic mass is 9.72. The fourth-order valence-corrected chi connectivity index (χ4v) is 4.18. The predicted octanol–water partition coefficient (Wildman–Crippen LogP) is 1.46. The highest BCUT2D eigenvalue weighted by Crippen LogP contribution is 2.41. The second-order valence-corrected chi connectivity index (χ2v) is 6.69. The number of carbonyl (C=O) groups excluding carboxylic acids is 1. The van der Waals surface area contributed by atoms with Crippen molar-refractivity contribution in [3.05, 3.63) is 0 Å². The molecule has 2 unspecified atom stereocenters. The van der Waals surface area contributed by atoms with Crippen LogP contribution in [-0.4, -0.2) is 63.5 Å². The maximum Gasteiger partial charge on any atom is 0.225 e. The number of ether oxygens (including phenoxy) is 3. The molecular formula is C16H27NO4. The molecule has 0 saturated carbocycles. The standard InChI is InChI=1S/C16H27NO4/c1-19-12-16-6-2-8-21-14(16)3-7-17(11-16)15(18)13-4-9-20-10-5-13/h13-14H,2-12H2,1H3. The monoisotopic (exact) mass is 297 g/mol. The Morgan fingerprint density at radius 2 is 2.10 bits per heavy atom. The first kappa shape index (κ1) is 15.3. The molecule has 0 aromatic heterocycles. The molecule has 3 aliphatic rings. The van der Waals surface area contributed by atoms with E-state index in [2.05, 4.69) is 4.90 Å². The summed E-state index contributed by atoms with van der Waals surface area (Å²) in [5.41, 5.74) is 0.00603. The van der Waals surface area contributed by atoms with Crippen LogP contribution in [0, 0.1) is 11.3 Å². The Labute approximate surface area is 126 Å². The van der Waals surface area contributed by atoms with Gasteiger partial charge in [-0.05, 0) is 32.1 Å². The average Bonchev–Trinajstić information content (AvgIpc) is 2.54. The normalized spacial score (nSPS) is 34.5. The molecule has 5 nitrogen and oxygen atoms in total. The van der Waals surface area contributed by atoms with Crippen LogP contribution in [0.4, 0.5) is 0 Å². The fraction of sp³-hybridized carbons (Fsp3) is 0.938. The maximum absolute atomic E-state index is 12.8. The van der Waals surface area contributed by atoms with Crippen molar-refractivity contribution in [2.45, 2.75) is 38.2 Å². The molecule has 0 N–H and O–H groups in total. The van der Waals surface area contributed by atoms with E-state index in [1.807, 2.05) is 0 Å². The Hall–Kier alpha value is -0.650. The molecule has 0 radical (unpaired) electrons. The van der Waals surface area contributed by atoms with Crippen molar-refractivity contribution in [3.63, 3.8) is 0 Å². The van der Waals surface area contributed by atoms with Crippen LogP contribution in [0.15, 0.2) is 0 Å². The average molecular weight is 297 g/mol. The Bertz CT molecular complexity index is 365.